The van der Waals surface area contributed by atoms with Gasteiger partial charge in [-0.1, -0.05) is 6.08 Å². The Labute approximate surface area is 72.4 Å². The number of hydrogen-bond donors (Lipinski definition) is 1. The van der Waals surface area contributed by atoms with E-state index in [1.54, 1.807) is 13.1 Å². The largest absolute Gasteiger partial charge is 0.392 e. The molecule has 1 heterocycles. The molecule has 0 aliphatic rings. The molecular formula is C9H14N2O. The number of hydrogen-bond acceptors (Lipinski definition) is 2. The Morgan fingerprint density at radius 1 is 1.75 bits per heavy atom. The monoisotopic (exact) mass is 166 g/mol. The summed E-state index contributed by atoms with van der Waals surface area (Å²) < 4.78 is 1.92. The van der Waals surface area contributed by atoms with Crippen LogP contribution in [0.2, 0.25) is 0 Å². The van der Waals surface area contributed by atoms with Crippen molar-refractivity contribution in [3.8, 4) is 0 Å². The van der Waals surface area contributed by atoms with E-state index in [1.165, 1.54) is 0 Å². The molecule has 12 heavy (non-hydrogen) atoms. The Morgan fingerprint density at radius 3 is 3.08 bits per heavy atom. The molecule has 0 saturated heterocycles. The Morgan fingerprint density at radius 2 is 2.50 bits per heavy atom. The normalized spacial score (nSPS) is 13.9. The van der Waals surface area contributed by atoms with Gasteiger partial charge in [0.05, 0.1) is 6.10 Å². The predicted molar refractivity (Wildman–Crippen MR) is 48.6 cm³/mol. The third kappa shape index (κ3) is 2.20. The highest BCUT2D eigenvalue weighted by molar-refractivity contribution is 5.39. The van der Waals surface area contributed by atoms with Crippen molar-refractivity contribution in [2.75, 3.05) is 0 Å². The Bertz CT molecular complexity index is 263. The average Bonchev–Trinajstić information content (AvgIpc) is 2.37. The van der Waals surface area contributed by atoms with Gasteiger partial charge in [0.15, 0.2) is 0 Å². The second-order valence-corrected chi connectivity index (χ2v) is 2.79. The topological polar surface area (TPSA) is 38.0 Å². The summed E-state index contributed by atoms with van der Waals surface area (Å²) in [5.41, 5.74) is 0. The van der Waals surface area contributed by atoms with Crippen molar-refractivity contribution >= 4 is 6.08 Å². The van der Waals surface area contributed by atoms with Crippen LogP contribution in [-0.4, -0.2) is 20.8 Å². The lowest BCUT2D eigenvalue weighted by Gasteiger charge is -2.06. The summed E-state index contributed by atoms with van der Waals surface area (Å²) in [6.07, 6.45) is 7.12. The van der Waals surface area contributed by atoms with Crippen molar-refractivity contribution < 1.29 is 5.11 Å². The van der Waals surface area contributed by atoms with Crippen molar-refractivity contribution in [1.29, 1.82) is 0 Å². The molecule has 0 bridgehead atoms. The lowest BCUT2D eigenvalue weighted by Crippen LogP contribution is -2.12. The highest BCUT2D eigenvalue weighted by atomic mass is 16.3. The fraction of sp³-hybridized carbons (Fsp3) is 0.444. The van der Waals surface area contributed by atoms with Crippen LogP contribution in [0, 0.1) is 0 Å². The smallest absolute Gasteiger partial charge is 0.132 e. The van der Waals surface area contributed by atoms with Gasteiger partial charge in [-0.25, -0.2) is 4.98 Å². The van der Waals surface area contributed by atoms with Crippen LogP contribution in [-0.2, 0) is 6.54 Å². The van der Waals surface area contributed by atoms with Crippen LogP contribution in [0.1, 0.15) is 19.7 Å². The van der Waals surface area contributed by atoms with E-state index in [4.69, 9.17) is 5.11 Å². The van der Waals surface area contributed by atoms with Gasteiger partial charge >= 0.3 is 0 Å². The van der Waals surface area contributed by atoms with E-state index in [-0.39, 0.29) is 6.10 Å². The van der Waals surface area contributed by atoms with Crippen LogP contribution in [0.15, 0.2) is 18.5 Å². The molecule has 3 heteroatoms. The minimum Gasteiger partial charge on any atom is -0.392 e. The second-order valence-electron chi connectivity index (χ2n) is 2.79. The Balaban J connectivity index is 2.77. The number of aromatic nitrogens is 2. The molecule has 66 valence electrons. The quantitative estimate of drug-likeness (QED) is 0.735. The molecule has 0 amide bonds. The summed E-state index contributed by atoms with van der Waals surface area (Å²) in [5, 5.41) is 9.14. The molecule has 1 rings (SSSR count). The number of allylic oxidation sites excluding steroid dienone is 1. The van der Waals surface area contributed by atoms with E-state index in [9.17, 15) is 0 Å². The summed E-state index contributed by atoms with van der Waals surface area (Å²) in [4.78, 5) is 4.12. The Kier molecular flexibility index (Phi) is 3.05. The first-order valence-corrected chi connectivity index (χ1v) is 4.06. The maximum Gasteiger partial charge on any atom is 0.132 e. The first kappa shape index (κ1) is 9.00. The van der Waals surface area contributed by atoms with Gasteiger partial charge in [-0.15, -0.1) is 0 Å². The van der Waals surface area contributed by atoms with Crippen molar-refractivity contribution in [3.05, 3.63) is 24.3 Å². The molecule has 0 radical (unpaired) electrons. The molecule has 1 aromatic heterocycles. The van der Waals surface area contributed by atoms with E-state index in [0.29, 0.717) is 6.54 Å². The van der Waals surface area contributed by atoms with Gasteiger partial charge < -0.3 is 9.67 Å². The summed E-state index contributed by atoms with van der Waals surface area (Å²) >= 11 is 0. The molecule has 0 saturated carbocycles. The maximum absolute atomic E-state index is 9.14. The molecule has 1 aromatic rings. The Hall–Kier alpha value is -1.09. The predicted octanol–water partition coefficient (Wildman–Crippen LogP) is 1.30. The number of aliphatic hydroxyl groups excluding tert-OH is 1. The highest BCUT2D eigenvalue weighted by Gasteiger charge is 2.01. The molecule has 1 N–H and O–H groups in total. The molecule has 0 spiro atoms. The van der Waals surface area contributed by atoms with Crippen molar-refractivity contribution in [3.63, 3.8) is 0 Å². The van der Waals surface area contributed by atoms with Crippen LogP contribution >= 0.6 is 0 Å². The van der Waals surface area contributed by atoms with Crippen LogP contribution in [0.25, 0.3) is 6.08 Å². The zero-order valence-electron chi connectivity index (χ0n) is 7.44. The summed E-state index contributed by atoms with van der Waals surface area (Å²) in [6.45, 7) is 4.31. The van der Waals surface area contributed by atoms with Gasteiger partial charge in [0.1, 0.15) is 5.82 Å². The number of aliphatic hydroxyl groups is 1. The second kappa shape index (κ2) is 4.07. The van der Waals surface area contributed by atoms with Gasteiger partial charge in [0.2, 0.25) is 0 Å². The van der Waals surface area contributed by atoms with E-state index >= 15 is 0 Å². The zero-order chi connectivity index (χ0) is 8.97. The summed E-state index contributed by atoms with van der Waals surface area (Å²) in [7, 11) is 0. The van der Waals surface area contributed by atoms with Crippen LogP contribution in [0.5, 0.6) is 0 Å². The highest BCUT2D eigenvalue weighted by Crippen LogP contribution is 2.01. The average molecular weight is 166 g/mol. The SMILES string of the molecule is CC=Cc1nccn1CC(C)O. The van der Waals surface area contributed by atoms with E-state index in [0.717, 1.165) is 5.82 Å². The molecule has 1 atom stereocenters. The fourth-order valence-corrected chi connectivity index (χ4v) is 1.07. The molecule has 0 fully saturated rings. The van der Waals surface area contributed by atoms with Crippen LogP contribution in [0.3, 0.4) is 0 Å². The first-order chi connectivity index (χ1) is 5.74. The van der Waals surface area contributed by atoms with Crippen molar-refractivity contribution in [2.24, 2.45) is 0 Å². The molecule has 0 aliphatic heterocycles. The standard InChI is InChI=1S/C9H14N2O/c1-3-4-9-10-5-6-11(9)7-8(2)12/h3-6,8,12H,7H2,1-2H3. The third-order valence-corrected chi connectivity index (χ3v) is 1.52. The molecule has 3 nitrogen and oxygen atoms in total. The first-order valence-electron chi connectivity index (χ1n) is 4.06. The van der Waals surface area contributed by atoms with Crippen LogP contribution in [0.4, 0.5) is 0 Å². The lowest BCUT2D eigenvalue weighted by atomic mass is 10.4. The van der Waals surface area contributed by atoms with Gasteiger partial charge in [0, 0.05) is 18.9 Å². The van der Waals surface area contributed by atoms with E-state index in [2.05, 4.69) is 4.98 Å². The van der Waals surface area contributed by atoms with Gasteiger partial charge in [-0.2, -0.15) is 0 Å². The molecular weight excluding hydrogens is 152 g/mol. The van der Waals surface area contributed by atoms with Crippen molar-refractivity contribution in [2.45, 2.75) is 26.5 Å². The molecule has 0 aromatic carbocycles. The summed E-state index contributed by atoms with van der Waals surface area (Å²) in [5.74, 6) is 0.887. The number of nitrogens with zero attached hydrogens (tertiary/aromatic N) is 2. The van der Waals surface area contributed by atoms with E-state index < -0.39 is 0 Å². The maximum atomic E-state index is 9.14. The van der Waals surface area contributed by atoms with E-state index in [1.807, 2.05) is 29.8 Å². The molecule has 0 aliphatic carbocycles. The zero-order valence-corrected chi connectivity index (χ0v) is 7.44. The van der Waals surface area contributed by atoms with Crippen molar-refractivity contribution in [1.82, 2.24) is 9.55 Å². The van der Waals surface area contributed by atoms with Gasteiger partial charge in [0.25, 0.3) is 0 Å². The van der Waals surface area contributed by atoms with Gasteiger partial charge in [-0.05, 0) is 19.9 Å². The molecule has 1 unspecified atom stereocenters. The minimum absolute atomic E-state index is 0.330. The van der Waals surface area contributed by atoms with Gasteiger partial charge in [-0.3, -0.25) is 0 Å². The third-order valence-electron chi connectivity index (χ3n) is 1.52. The fourth-order valence-electron chi connectivity index (χ4n) is 1.07. The summed E-state index contributed by atoms with van der Waals surface area (Å²) in [6, 6.07) is 0. The lowest BCUT2D eigenvalue weighted by molar-refractivity contribution is 0.173. The van der Waals surface area contributed by atoms with Crippen LogP contribution < -0.4 is 0 Å². The number of rotatable bonds is 3. The minimum atomic E-state index is -0.330. The number of imidazole rings is 1.